The third-order valence-corrected chi connectivity index (χ3v) is 1.15. The molecule has 0 bridgehead atoms. The second kappa shape index (κ2) is 2.02. The first-order valence-electron chi connectivity index (χ1n) is 1.98. The maximum Gasteiger partial charge on any atom is 0.142 e. The van der Waals surface area contributed by atoms with Crippen LogP contribution in [0.2, 0.25) is 0 Å². The zero-order chi connectivity index (χ0) is 5.11. The molecule has 0 atom stereocenters. The largest absolute Gasteiger partial charge is 0.228 e. The van der Waals surface area contributed by atoms with E-state index in [1.807, 2.05) is 0 Å². The predicted molar refractivity (Wildman–Crippen MR) is 29.0 cm³/mol. The minimum Gasteiger partial charge on any atom is -0.228 e. The second-order valence-corrected chi connectivity index (χ2v) is 1.70. The van der Waals surface area contributed by atoms with Gasteiger partial charge in [0.2, 0.25) is 0 Å². The lowest BCUT2D eigenvalue weighted by atomic mass is 10.5. The van der Waals surface area contributed by atoms with Crippen molar-refractivity contribution in [2.75, 3.05) is 0 Å². The fraction of sp³-hybridized carbons (Fsp3) is 0.250. The van der Waals surface area contributed by atoms with Gasteiger partial charge in [-0.15, -0.1) is 0 Å². The van der Waals surface area contributed by atoms with Gasteiger partial charge in [0.1, 0.15) is 11.3 Å². The maximum absolute atomic E-state index is 3.90. The Labute approximate surface area is 46.4 Å². The summed E-state index contributed by atoms with van der Waals surface area (Å²) in [6, 6.07) is 0. The molecule has 7 heavy (non-hydrogen) atoms. The lowest BCUT2D eigenvalue weighted by Crippen LogP contribution is -1.78. The van der Waals surface area contributed by atoms with Gasteiger partial charge < -0.3 is 0 Å². The van der Waals surface area contributed by atoms with Gasteiger partial charge in [-0.25, -0.2) is 4.98 Å². The van der Waals surface area contributed by atoms with Crippen LogP contribution in [0.25, 0.3) is 0 Å². The van der Waals surface area contributed by atoms with Crippen molar-refractivity contribution in [2.45, 2.75) is 6.42 Å². The molecule has 0 aliphatic carbocycles. The Kier molecular flexibility index (Phi) is 1.36. The molecule has 1 aromatic rings. The molecule has 1 heterocycles. The van der Waals surface area contributed by atoms with Gasteiger partial charge in [-0.05, 0) is 18.5 Å². The van der Waals surface area contributed by atoms with Crippen LogP contribution in [0.1, 0.15) is 5.82 Å². The van der Waals surface area contributed by atoms with Gasteiger partial charge in [-0.2, -0.15) is 4.37 Å². The first-order valence-corrected chi connectivity index (χ1v) is 2.81. The molecule has 1 rings (SSSR count). The second-order valence-electron chi connectivity index (χ2n) is 1.10. The van der Waals surface area contributed by atoms with E-state index in [-0.39, 0.29) is 0 Å². The molecule has 0 spiro atoms. The number of rotatable bonds is 1. The van der Waals surface area contributed by atoms with Crippen LogP contribution in [0.4, 0.5) is 0 Å². The van der Waals surface area contributed by atoms with Gasteiger partial charge in [0.25, 0.3) is 0 Å². The van der Waals surface area contributed by atoms with Gasteiger partial charge in [-0.1, -0.05) is 0 Å². The number of aromatic nitrogens is 2. The molecule has 0 unspecified atom stereocenters. The van der Waals surface area contributed by atoms with Crippen LogP contribution in [-0.2, 0) is 6.42 Å². The standard InChI is InChI=1S/C4H5N2S/c1-2-4-5-3-7-6-4/h3H,1-2H2. The van der Waals surface area contributed by atoms with Crippen LogP contribution in [0.15, 0.2) is 5.51 Å². The fourth-order valence-electron chi connectivity index (χ4n) is 0.303. The van der Waals surface area contributed by atoms with Gasteiger partial charge in [0, 0.05) is 6.42 Å². The SMILES string of the molecule is [CH2]Cc1ncsn1. The summed E-state index contributed by atoms with van der Waals surface area (Å²) in [5.41, 5.74) is 1.71. The van der Waals surface area contributed by atoms with Crippen molar-refractivity contribution in [1.29, 1.82) is 0 Å². The Morgan fingerprint density at radius 1 is 1.86 bits per heavy atom. The van der Waals surface area contributed by atoms with Crippen molar-refractivity contribution in [3.05, 3.63) is 18.3 Å². The van der Waals surface area contributed by atoms with Crippen molar-refractivity contribution >= 4 is 11.5 Å². The van der Waals surface area contributed by atoms with Gasteiger partial charge >= 0.3 is 0 Å². The summed E-state index contributed by atoms with van der Waals surface area (Å²) >= 11 is 1.36. The van der Waals surface area contributed by atoms with E-state index in [2.05, 4.69) is 16.3 Å². The Hall–Kier alpha value is -0.440. The average molecular weight is 113 g/mol. The molecule has 0 fully saturated rings. The summed E-state index contributed by atoms with van der Waals surface area (Å²) in [5, 5.41) is 0. The first kappa shape index (κ1) is 4.71. The van der Waals surface area contributed by atoms with Crippen molar-refractivity contribution in [3.8, 4) is 0 Å². The Balaban J connectivity index is 2.76. The highest BCUT2D eigenvalue weighted by Crippen LogP contribution is 1.91. The van der Waals surface area contributed by atoms with E-state index in [9.17, 15) is 0 Å². The minimum atomic E-state index is 0.698. The van der Waals surface area contributed by atoms with E-state index in [0.717, 1.165) is 5.82 Å². The molecule has 0 aliphatic heterocycles. The van der Waals surface area contributed by atoms with E-state index in [4.69, 9.17) is 0 Å². The molecule has 2 nitrogen and oxygen atoms in total. The highest BCUT2D eigenvalue weighted by molar-refractivity contribution is 7.03. The molecule has 0 amide bonds. The first-order chi connectivity index (χ1) is 3.43. The molecule has 1 aromatic heterocycles. The molecule has 0 N–H and O–H groups in total. The number of nitrogens with zero attached hydrogens (tertiary/aromatic N) is 2. The normalized spacial score (nSPS) is 9.29. The molecule has 0 saturated carbocycles. The molecule has 0 aliphatic rings. The highest BCUT2D eigenvalue weighted by Gasteiger charge is 1.86. The molecule has 0 aromatic carbocycles. The summed E-state index contributed by atoms with van der Waals surface area (Å²) in [5.74, 6) is 0.838. The van der Waals surface area contributed by atoms with Gasteiger partial charge in [-0.3, -0.25) is 0 Å². The summed E-state index contributed by atoms with van der Waals surface area (Å²) in [6.45, 7) is 3.61. The predicted octanol–water partition coefficient (Wildman–Crippen LogP) is 0.915. The van der Waals surface area contributed by atoms with Gasteiger partial charge in [0.15, 0.2) is 0 Å². The quantitative estimate of drug-likeness (QED) is 0.541. The third-order valence-electron chi connectivity index (χ3n) is 0.631. The van der Waals surface area contributed by atoms with Crippen LogP contribution in [0.5, 0.6) is 0 Å². The van der Waals surface area contributed by atoms with Gasteiger partial charge in [0.05, 0.1) is 0 Å². The van der Waals surface area contributed by atoms with E-state index in [1.54, 1.807) is 5.51 Å². The molecule has 3 heteroatoms. The molecule has 37 valence electrons. The number of hydrogen-bond donors (Lipinski definition) is 0. The van der Waals surface area contributed by atoms with Crippen molar-refractivity contribution in [1.82, 2.24) is 9.36 Å². The highest BCUT2D eigenvalue weighted by atomic mass is 32.1. The summed E-state index contributed by atoms with van der Waals surface area (Å²) in [4.78, 5) is 3.88. The zero-order valence-corrected chi connectivity index (χ0v) is 4.61. The van der Waals surface area contributed by atoms with E-state index >= 15 is 0 Å². The van der Waals surface area contributed by atoms with Crippen LogP contribution >= 0.6 is 11.5 Å². The molecule has 1 radical (unpaired) electrons. The zero-order valence-electron chi connectivity index (χ0n) is 3.79. The maximum atomic E-state index is 3.90. The van der Waals surface area contributed by atoms with Crippen molar-refractivity contribution < 1.29 is 0 Å². The minimum absolute atomic E-state index is 0.698. The summed E-state index contributed by atoms with van der Waals surface area (Å²) in [7, 11) is 0. The van der Waals surface area contributed by atoms with Crippen molar-refractivity contribution in [3.63, 3.8) is 0 Å². The van der Waals surface area contributed by atoms with Crippen LogP contribution in [0.3, 0.4) is 0 Å². The lowest BCUT2D eigenvalue weighted by molar-refractivity contribution is 1.07. The molecular formula is C4H5N2S. The Morgan fingerprint density at radius 3 is 3.00 bits per heavy atom. The van der Waals surface area contributed by atoms with Crippen molar-refractivity contribution in [2.24, 2.45) is 0 Å². The average Bonchev–Trinajstić information content (AvgIpc) is 2.14. The lowest BCUT2D eigenvalue weighted by Gasteiger charge is -1.75. The fourth-order valence-corrected chi connectivity index (χ4v) is 0.779. The third kappa shape index (κ3) is 0.962. The topological polar surface area (TPSA) is 25.8 Å². The Morgan fingerprint density at radius 2 is 2.71 bits per heavy atom. The van der Waals surface area contributed by atoms with Crippen LogP contribution in [-0.4, -0.2) is 9.36 Å². The smallest absolute Gasteiger partial charge is 0.142 e. The molecular weight excluding hydrogens is 108 g/mol. The monoisotopic (exact) mass is 113 g/mol. The number of hydrogen-bond acceptors (Lipinski definition) is 3. The van der Waals surface area contributed by atoms with Crippen LogP contribution < -0.4 is 0 Å². The van der Waals surface area contributed by atoms with E-state index in [1.165, 1.54) is 11.5 Å². The Bertz CT molecular complexity index is 124. The summed E-state index contributed by atoms with van der Waals surface area (Å²) < 4.78 is 3.90. The van der Waals surface area contributed by atoms with E-state index in [0.29, 0.717) is 6.42 Å². The molecule has 0 saturated heterocycles. The van der Waals surface area contributed by atoms with E-state index < -0.39 is 0 Å². The van der Waals surface area contributed by atoms with Crippen LogP contribution in [0, 0.1) is 6.92 Å². The summed E-state index contributed by atoms with van der Waals surface area (Å²) in [6.07, 6.45) is 0.698.